The number of benzene rings is 2. The first-order chi connectivity index (χ1) is 30.8. The first-order valence-electron chi connectivity index (χ1n) is 22.3. The zero-order valence-electron chi connectivity index (χ0n) is 39.7. The second-order valence-corrected chi connectivity index (χ2v) is 19.3. The number of carbonyl (C=O) groups excluding carboxylic acids is 1. The molecule has 0 radical (unpaired) electrons. The van der Waals surface area contributed by atoms with Crippen molar-refractivity contribution in [3.63, 3.8) is 0 Å². The number of carboxylic acid groups (broad SMARTS) is 2. The van der Waals surface area contributed by atoms with Crippen LogP contribution in [0.2, 0.25) is 0 Å². The molecule has 1 saturated heterocycles. The highest BCUT2D eigenvalue weighted by atomic mass is 16.6. The fourth-order valence-corrected chi connectivity index (χ4v) is 9.62. The minimum Gasteiger partial charge on any atom is -0.507 e. The number of ketones is 1. The van der Waals surface area contributed by atoms with Crippen molar-refractivity contribution < 1.29 is 58.5 Å². The number of fused-ring (bicyclic) bond motifs is 3. The lowest BCUT2D eigenvalue weighted by Gasteiger charge is -2.50. The first kappa shape index (κ1) is 49.1. The number of carboxylic acids is 2. The van der Waals surface area contributed by atoms with Crippen molar-refractivity contribution in [2.24, 2.45) is 5.92 Å². The van der Waals surface area contributed by atoms with Gasteiger partial charge in [-0.25, -0.2) is 9.59 Å². The van der Waals surface area contributed by atoms with Crippen molar-refractivity contribution in [1.29, 1.82) is 0 Å². The number of carbonyl (C=O) groups is 3. The van der Waals surface area contributed by atoms with Crippen LogP contribution in [0.15, 0.2) is 85.7 Å². The van der Waals surface area contributed by atoms with Gasteiger partial charge in [-0.1, -0.05) is 47.1 Å². The van der Waals surface area contributed by atoms with Gasteiger partial charge in [-0.3, -0.25) is 9.59 Å². The van der Waals surface area contributed by atoms with Crippen LogP contribution in [0, 0.1) is 12.8 Å². The van der Waals surface area contributed by atoms with Crippen LogP contribution >= 0.6 is 0 Å². The van der Waals surface area contributed by atoms with Gasteiger partial charge in [0, 0.05) is 46.7 Å². The molecule has 4 heterocycles. The maximum absolute atomic E-state index is 14.7. The Hall–Kier alpha value is -6.34. The Kier molecular flexibility index (Phi) is 13.5. The Morgan fingerprint density at radius 3 is 2.06 bits per heavy atom. The average Bonchev–Trinajstić information content (AvgIpc) is 3.41. The molecule has 1 fully saturated rings. The van der Waals surface area contributed by atoms with Gasteiger partial charge in [0.25, 0.3) is 0 Å². The molecule has 3 aromatic rings. The van der Waals surface area contributed by atoms with Crippen LogP contribution in [0.5, 0.6) is 28.7 Å². The third-order valence-corrected chi connectivity index (χ3v) is 13.0. The third-order valence-electron chi connectivity index (χ3n) is 13.0. The minimum atomic E-state index is -2.16. The molecule has 352 valence electrons. The Morgan fingerprint density at radius 1 is 0.818 bits per heavy atom. The third kappa shape index (κ3) is 8.72. The molecule has 5 N–H and O–H groups in total. The fraction of sp³-hybridized carbons (Fsp3) is 0.434. The van der Waals surface area contributed by atoms with Gasteiger partial charge in [0.1, 0.15) is 56.6 Å². The summed E-state index contributed by atoms with van der Waals surface area (Å²) >= 11 is 0. The number of hydrogen-bond acceptors (Lipinski definition) is 11. The molecule has 2 aromatic carbocycles. The van der Waals surface area contributed by atoms with E-state index in [9.17, 15) is 44.7 Å². The van der Waals surface area contributed by atoms with E-state index in [0.717, 1.165) is 17.6 Å². The first-order valence-corrected chi connectivity index (χ1v) is 22.3. The molecule has 4 aliphatic rings. The lowest BCUT2D eigenvalue weighted by Crippen LogP contribution is -2.66. The number of aryl methyl sites for hydroxylation is 1. The van der Waals surface area contributed by atoms with E-state index < -0.39 is 46.0 Å². The predicted molar refractivity (Wildman–Crippen MR) is 252 cm³/mol. The smallest absolute Gasteiger partial charge is 0.340 e. The molecular weight excluding hydrogens is 845 g/mol. The van der Waals surface area contributed by atoms with Crippen LogP contribution in [0.25, 0.3) is 17.0 Å². The molecule has 4 atom stereocenters. The van der Waals surface area contributed by atoms with Crippen LogP contribution in [-0.2, 0) is 27.2 Å². The molecule has 1 spiro atoms. The Bertz CT molecular complexity index is 2760. The van der Waals surface area contributed by atoms with Crippen LogP contribution < -0.4 is 14.9 Å². The van der Waals surface area contributed by atoms with E-state index in [1.807, 2.05) is 66.7 Å². The van der Waals surface area contributed by atoms with Crippen LogP contribution in [0.4, 0.5) is 0 Å². The summed E-state index contributed by atoms with van der Waals surface area (Å²) in [7, 11) is 0. The maximum atomic E-state index is 14.7. The molecular formula is C53H62O13. The van der Waals surface area contributed by atoms with Gasteiger partial charge in [0.15, 0.2) is 16.8 Å². The van der Waals surface area contributed by atoms with E-state index in [0.29, 0.717) is 60.3 Å². The highest BCUT2D eigenvalue weighted by Crippen LogP contribution is 2.64. The van der Waals surface area contributed by atoms with E-state index in [4.69, 9.17) is 18.6 Å². The van der Waals surface area contributed by atoms with Crippen molar-refractivity contribution in [3.8, 4) is 28.7 Å². The normalized spacial score (nSPS) is 23.3. The molecule has 0 bridgehead atoms. The molecule has 7 rings (SSSR count). The van der Waals surface area contributed by atoms with Crippen molar-refractivity contribution in [3.05, 3.63) is 115 Å². The van der Waals surface area contributed by atoms with Gasteiger partial charge >= 0.3 is 11.9 Å². The number of aromatic hydroxyl groups is 3. The van der Waals surface area contributed by atoms with Crippen molar-refractivity contribution >= 4 is 34.8 Å². The van der Waals surface area contributed by atoms with Crippen molar-refractivity contribution in [1.82, 2.24) is 0 Å². The average molecular weight is 907 g/mol. The van der Waals surface area contributed by atoms with Gasteiger partial charge in [0.2, 0.25) is 5.60 Å². The van der Waals surface area contributed by atoms with Gasteiger partial charge in [-0.2, -0.15) is 0 Å². The van der Waals surface area contributed by atoms with Gasteiger partial charge in [-0.05, 0) is 127 Å². The van der Waals surface area contributed by atoms with E-state index in [-0.39, 0.29) is 62.5 Å². The predicted octanol–water partition coefficient (Wildman–Crippen LogP) is 10.5. The lowest BCUT2D eigenvalue weighted by molar-refractivity contribution is -0.184. The molecule has 1 aliphatic carbocycles. The summed E-state index contributed by atoms with van der Waals surface area (Å²) in [5.41, 5.74) is -1.38. The summed E-state index contributed by atoms with van der Waals surface area (Å²) < 4.78 is 25.6. The number of Topliss-reactive ketones (excluding diaryl/α,β-unsaturated/α-hetero) is 1. The topological polar surface area (TPSA) is 210 Å². The zero-order valence-corrected chi connectivity index (χ0v) is 39.7. The minimum absolute atomic E-state index is 0.0407. The van der Waals surface area contributed by atoms with E-state index in [1.165, 1.54) is 30.7 Å². The molecule has 0 amide bonds. The molecule has 0 saturated carbocycles. The quantitative estimate of drug-likeness (QED) is 0.0897. The van der Waals surface area contributed by atoms with Crippen LogP contribution in [0.1, 0.15) is 134 Å². The number of phenols is 3. The number of phenolic OH excluding ortho intramolecular Hbond substituents is 3. The zero-order chi connectivity index (χ0) is 48.8. The van der Waals surface area contributed by atoms with Gasteiger partial charge < -0.3 is 44.2 Å². The monoisotopic (exact) mass is 906 g/mol. The van der Waals surface area contributed by atoms with Crippen molar-refractivity contribution in [2.45, 2.75) is 144 Å². The summed E-state index contributed by atoms with van der Waals surface area (Å²) in [4.78, 5) is 51.9. The summed E-state index contributed by atoms with van der Waals surface area (Å²) in [5.74, 6) is -3.37. The SMILES string of the molecule is CC(C)=CCCC1(C)C=Cc2c(O)c3c(c(CC=C(C)C)c2O1)OC12C(=CCCC1C(C)(C)OC2(CC=C(C)C(=O)O)C(=O)O)C3=O.CC(C)=CCc1c(O)cc2oc(C)cc(=O)c2c1O. The fourth-order valence-electron chi connectivity index (χ4n) is 9.62. The Balaban J connectivity index is 0.000000315. The lowest BCUT2D eigenvalue weighted by atomic mass is 9.60. The number of rotatable bonds is 11. The summed E-state index contributed by atoms with van der Waals surface area (Å²) in [6.45, 7) is 20.4. The Labute approximate surface area is 385 Å². The van der Waals surface area contributed by atoms with Crippen LogP contribution in [-0.4, -0.2) is 65.7 Å². The van der Waals surface area contributed by atoms with E-state index in [1.54, 1.807) is 32.9 Å². The molecule has 4 unspecified atom stereocenters. The number of aliphatic carboxylic acids is 2. The molecule has 13 nitrogen and oxygen atoms in total. The van der Waals surface area contributed by atoms with Gasteiger partial charge in [0.05, 0.1) is 11.2 Å². The molecule has 1 aromatic heterocycles. The van der Waals surface area contributed by atoms with E-state index >= 15 is 0 Å². The standard InChI is InChI=1S/C38H46O9.C15H16O4/c1-21(2)11-10-18-36(8)19-17-24-29(39)28-30(40)26-12-9-13-27-35(6,7)47-37(34(43)44,20-16-23(5)33(41)42)38(26,27)46-32(28)25(31(24)45-36)15-14-22(3)4;1-8(2)4-5-10-11(16)7-13-14(15(10)18)12(17)6-9(3)19-13/h11-12,14,16-17,19,27,39H,9-10,13,15,18,20H2,1-8H3,(H,41,42)(H,43,44);4,6-7,16,18H,5H2,1-3H3. The highest BCUT2D eigenvalue weighted by Gasteiger charge is 2.77. The summed E-state index contributed by atoms with van der Waals surface area (Å²) in [6.07, 6.45) is 15.4. The number of ether oxygens (including phenoxy) is 3. The highest BCUT2D eigenvalue weighted by molar-refractivity contribution is 6.17. The summed E-state index contributed by atoms with van der Waals surface area (Å²) in [5, 5.41) is 52.6. The number of allylic oxidation sites excluding steroid dienone is 7. The van der Waals surface area contributed by atoms with Gasteiger partial charge in [-0.15, -0.1) is 0 Å². The molecule has 13 heteroatoms. The summed E-state index contributed by atoms with van der Waals surface area (Å²) in [6, 6.07) is 2.70. The Morgan fingerprint density at radius 2 is 1.45 bits per heavy atom. The number of hydrogen-bond donors (Lipinski definition) is 5. The van der Waals surface area contributed by atoms with E-state index in [2.05, 4.69) is 6.08 Å². The second-order valence-electron chi connectivity index (χ2n) is 19.3. The molecule has 3 aliphatic heterocycles. The van der Waals surface area contributed by atoms with Crippen molar-refractivity contribution in [2.75, 3.05) is 0 Å². The van der Waals surface area contributed by atoms with Crippen LogP contribution in [0.3, 0.4) is 0 Å². The molecule has 66 heavy (non-hydrogen) atoms. The largest absolute Gasteiger partial charge is 0.507 e. The maximum Gasteiger partial charge on any atom is 0.340 e. The second kappa shape index (κ2) is 18.1.